The van der Waals surface area contributed by atoms with Crippen molar-refractivity contribution in [2.45, 2.75) is 33.1 Å². The van der Waals surface area contributed by atoms with E-state index in [1.807, 2.05) is 25.9 Å². The Morgan fingerprint density at radius 2 is 2.00 bits per heavy atom. The molecule has 108 valence electrons. The summed E-state index contributed by atoms with van der Waals surface area (Å²) in [4.78, 5) is 20.8. The Labute approximate surface area is 119 Å². The molecule has 6 heteroatoms. The molecule has 0 fully saturated rings. The summed E-state index contributed by atoms with van der Waals surface area (Å²) >= 11 is 1.37. The van der Waals surface area contributed by atoms with Crippen LogP contribution in [0.25, 0.3) is 0 Å². The lowest BCUT2D eigenvalue weighted by Crippen LogP contribution is -2.27. The molecule has 1 heterocycles. The molecule has 0 atom stereocenters. The van der Waals surface area contributed by atoms with Gasteiger partial charge in [0.25, 0.3) is 5.91 Å². The number of anilines is 2. The highest BCUT2D eigenvalue weighted by atomic mass is 32.1. The van der Waals surface area contributed by atoms with Crippen LogP contribution in [0, 0.1) is 0 Å². The summed E-state index contributed by atoms with van der Waals surface area (Å²) in [6.07, 6.45) is 3.31. The van der Waals surface area contributed by atoms with Crippen LogP contribution in [0.4, 0.5) is 10.9 Å². The van der Waals surface area contributed by atoms with Gasteiger partial charge in [0.15, 0.2) is 5.13 Å². The fraction of sp³-hybridized carbons (Fsp3) is 0.692. The van der Waals surface area contributed by atoms with Crippen LogP contribution in [0.15, 0.2) is 0 Å². The van der Waals surface area contributed by atoms with Gasteiger partial charge in [-0.15, -0.1) is 0 Å². The summed E-state index contributed by atoms with van der Waals surface area (Å²) in [5, 5.41) is 0.797. The number of nitrogens with zero attached hydrogens (tertiary/aromatic N) is 3. The zero-order chi connectivity index (χ0) is 14.4. The van der Waals surface area contributed by atoms with Crippen molar-refractivity contribution >= 4 is 28.2 Å². The molecule has 1 aromatic heterocycles. The van der Waals surface area contributed by atoms with Crippen molar-refractivity contribution in [3.8, 4) is 0 Å². The van der Waals surface area contributed by atoms with Crippen LogP contribution in [0.5, 0.6) is 0 Å². The average molecular weight is 284 g/mol. The van der Waals surface area contributed by atoms with Gasteiger partial charge in [0, 0.05) is 27.2 Å². The fourth-order valence-electron chi connectivity index (χ4n) is 1.65. The SMILES string of the molecule is CCCCCN(C)C(=O)c1sc(N(C)CC)nc1N. The number of nitrogens with two attached hydrogens (primary N) is 1. The molecule has 0 aliphatic carbocycles. The van der Waals surface area contributed by atoms with E-state index in [0.717, 1.165) is 37.5 Å². The first-order valence-corrected chi connectivity index (χ1v) is 7.55. The van der Waals surface area contributed by atoms with Gasteiger partial charge in [-0.2, -0.15) is 0 Å². The number of nitrogen functional groups attached to an aromatic ring is 1. The number of unbranched alkanes of at least 4 members (excludes halogenated alkanes) is 2. The zero-order valence-corrected chi connectivity index (χ0v) is 13.1. The number of carbonyl (C=O) groups is 1. The molecule has 1 aromatic rings. The lowest BCUT2D eigenvalue weighted by molar-refractivity contribution is 0.0798. The minimum Gasteiger partial charge on any atom is -0.382 e. The van der Waals surface area contributed by atoms with Crippen molar-refractivity contribution in [2.24, 2.45) is 0 Å². The molecule has 0 saturated heterocycles. The van der Waals surface area contributed by atoms with Crippen LogP contribution in [0.2, 0.25) is 0 Å². The molecule has 0 bridgehead atoms. The molecule has 0 aliphatic rings. The first kappa shape index (κ1) is 15.8. The molecule has 2 N–H and O–H groups in total. The van der Waals surface area contributed by atoms with E-state index in [1.54, 1.807) is 4.90 Å². The van der Waals surface area contributed by atoms with E-state index in [4.69, 9.17) is 5.73 Å². The summed E-state index contributed by atoms with van der Waals surface area (Å²) in [6, 6.07) is 0. The number of thiazole rings is 1. The van der Waals surface area contributed by atoms with E-state index in [0.29, 0.717) is 10.7 Å². The van der Waals surface area contributed by atoms with Crippen molar-refractivity contribution in [1.82, 2.24) is 9.88 Å². The van der Waals surface area contributed by atoms with Crippen LogP contribution in [-0.2, 0) is 0 Å². The van der Waals surface area contributed by atoms with E-state index in [1.165, 1.54) is 11.3 Å². The van der Waals surface area contributed by atoms with Gasteiger partial charge in [0.1, 0.15) is 10.7 Å². The van der Waals surface area contributed by atoms with Gasteiger partial charge in [-0.05, 0) is 13.3 Å². The molecule has 5 nitrogen and oxygen atoms in total. The predicted octanol–water partition coefficient (Wildman–Crippen LogP) is 2.44. The maximum absolute atomic E-state index is 12.3. The monoisotopic (exact) mass is 284 g/mol. The molecular formula is C13H24N4OS. The van der Waals surface area contributed by atoms with Crippen molar-refractivity contribution in [3.63, 3.8) is 0 Å². The molecule has 19 heavy (non-hydrogen) atoms. The van der Waals surface area contributed by atoms with Gasteiger partial charge in [0.2, 0.25) is 0 Å². The van der Waals surface area contributed by atoms with Crippen LogP contribution in [0.3, 0.4) is 0 Å². The first-order valence-electron chi connectivity index (χ1n) is 6.74. The standard InChI is InChI=1S/C13H24N4OS/c1-5-7-8-9-17(4)12(18)10-11(14)15-13(19-10)16(3)6-2/h5-9,14H2,1-4H3. The Bertz CT molecular complexity index is 419. The molecule has 0 radical (unpaired) electrons. The highest BCUT2D eigenvalue weighted by Gasteiger charge is 2.20. The lowest BCUT2D eigenvalue weighted by atomic mass is 10.2. The maximum atomic E-state index is 12.3. The average Bonchev–Trinajstić information content (AvgIpc) is 2.79. The maximum Gasteiger partial charge on any atom is 0.267 e. The van der Waals surface area contributed by atoms with E-state index in [9.17, 15) is 4.79 Å². The molecule has 0 aliphatic heterocycles. The second-order valence-corrected chi connectivity index (χ2v) is 5.64. The third-order valence-corrected chi connectivity index (χ3v) is 4.25. The van der Waals surface area contributed by atoms with Gasteiger partial charge < -0.3 is 15.5 Å². The summed E-state index contributed by atoms with van der Waals surface area (Å²) in [7, 11) is 3.76. The van der Waals surface area contributed by atoms with E-state index in [2.05, 4.69) is 11.9 Å². The molecule has 0 aromatic carbocycles. The Morgan fingerprint density at radius 1 is 1.32 bits per heavy atom. The van der Waals surface area contributed by atoms with Gasteiger partial charge in [-0.25, -0.2) is 4.98 Å². The summed E-state index contributed by atoms with van der Waals surface area (Å²) in [5.41, 5.74) is 5.85. The number of carbonyl (C=O) groups excluding carboxylic acids is 1. The number of amides is 1. The van der Waals surface area contributed by atoms with Crippen molar-refractivity contribution in [2.75, 3.05) is 37.8 Å². The number of hydrogen-bond donors (Lipinski definition) is 1. The topological polar surface area (TPSA) is 62.5 Å². The van der Waals surface area contributed by atoms with Crippen molar-refractivity contribution in [3.05, 3.63) is 4.88 Å². The molecule has 0 spiro atoms. The van der Waals surface area contributed by atoms with Crippen LogP contribution < -0.4 is 10.6 Å². The van der Waals surface area contributed by atoms with Gasteiger partial charge >= 0.3 is 0 Å². The highest BCUT2D eigenvalue weighted by molar-refractivity contribution is 7.18. The molecule has 0 saturated carbocycles. The van der Waals surface area contributed by atoms with Crippen LogP contribution >= 0.6 is 11.3 Å². The first-order chi connectivity index (χ1) is 9.01. The normalized spacial score (nSPS) is 10.5. The van der Waals surface area contributed by atoms with Gasteiger partial charge in [-0.3, -0.25) is 4.79 Å². The van der Waals surface area contributed by atoms with Crippen molar-refractivity contribution < 1.29 is 4.79 Å². The smallest absolute Gasteiger partial charge is 0.267 e. The van der Waals surface area contributed by atoms with Crippen LogP contribution in [-0.4, -0.2) is 43.0 Å². The minimum absolute atomic E-state index is 0.0261. The third kappa shape index (κ3) is 4.09. The largest absolute Gasteiger partial charge is 0.382 e. The van der Waals surface area contributed by atoms with Crippen molar-refractivity contribution in [1.29, 1.82) is 0 Å². The molecule has 1 rings (SSSR count). The van der Waals surface area contributed by atoms with E-state index >= 15 is 0 Å². The summed E-state index contributed by atoms with van der Waals surface area (Å²) in [6.45, 7) is 5.79. The summed E-state index contributed by atoms with van der Waals surface area (Å²) < 4.78 is 0. The Morgan fingerprint density at radius 3 is 2.58 bits per heavy atom. The summed E-state index contributed by atoms with van der Waals surface area (Å²) in [5.74, 6) is 0.314. The quantitative estimate of drug-likeness (QED) is 0.781. The minimum atomic E-state index is -0.0261. The fourth-order valence-corrected chi connectivity index (χ4v) is 2.65. The van der Waals surface area contributed by atoms with E-state index in [-0.39, 0.29) is 5.91 Å². The number of rotatable bonds is 7. The second kappa shape index (κ2) is 7.33. The number of hydrogen-bond acceptors (Lipinski definition) is 5. The second-order valence-electron chi connectivity index (χ2n) is 4.66. The van der Waals surface area contributed by atoms with E-state index < -0.39 is 0 Å². The third-order valence-electron chi connectivity index (χ3n) is 3.08. The highest BCUT2D eigenvalue weighted by Crippen LogP contribution is 2.28. The van der Waals surface area contributed by atoms with Gasteiger partial charge in [-0.1, -0.05) is 31.1 Å². The molecule has 0 unspecified atom stereocenters. The lowest BCUT2D eigenvalue weighted by Gasteiger charge is -2.16. The van der Waals surface area contributed by atoms with Crippen LogP contribution in [0.1, 0.15) is 42.8 Å². The Hall–Kier alpha value is -1.30. The van der Waals surface area contributed by atoms with Gasteiger partial charge in [0.05, 0.1) is 0 Å². The molecular weight excluding hydrogens is 260 g/mol. The number of aromatic nitrogens is 1. The Balaban J connectivity index is 2.73. The molecule has 1 amide bonds. The Kier molecular flexibility index (Phi) is 6.08. The predicted molar refractivity (Wildman–Crippen MR) is 82.0 cm³/mol. The zero-order valence-electron chi connectivity index (χ0n) is 12.3.